The predicted octanol–water partition coefficient (Wildman–Crippen LogP) is 3.66. The minimum absolute atomic E-state index is 0.269. The summed E-state index contributed by atoms with van der Waals surface area (Å²) in [5.41, 5.74) is 5.26. The van der Waals surface area contributed by atoms with Crippen LogP contribution >= 0.6 is 0 Å². The number of rotatable bonds is 4. The zero-order valence-electron chi connectivity index (χ0n) is 14.6. The first-order valence-electron chi connectivity index (χ1n) is 8.30. The highest BCUT2D eigenvalue weighted by Gasteiger charge is 2.17. The van der Waals surface area contributed by atoms with E-state index in [1.165, 1.54) is 24.0 Å². The van der Waals surface area contributed by atoms with Gasteiger partial charge in [0.15, 0.2) is 0 Å². The molecule has 0 radical (unpaired) electrons. The van der Waals surface area contributed by atoms with E-state index in [1.807, 2.05) is 30.8 Å². The third-order valence-corrected chi connectivity index (χ3v) is 4.13. The molecule has 0 aliphatic heterocycles. The molecule has 5 nitrogen and oxygen atoms in total. The van der Waals surface area contributed by atoms with Crippen LogP contribution in [0.1, 0.15) is 5.56 Å². The van der Waals surface area contributed by atoms with Crippen LogP contribution in [0.25, 0.3) is 28.3 Å². The van der Waals surface area contributed by atoms with E-state index in [0.29, 0.717) is 0 Å². The predicted molar refractivity (Wildman–Crippen MR) is 99.0 cm³/mol. The summed E-state index contributed by atoms with van der Waals surface area (Å²) in [7, 11) is 4.07. The van der Waals surface area contributed by atoms with Crippen LogP contribution in [0, 0.1) is 5.82 Å². The van der Waals surface area contributed by atoms with Gasteiger partial charge in [-0.25, -0.2) is 19.3 Å². The van der Waals surface area contributed by atoms with E-state index in [9.17, 15) is 4.39 Å². The molecule has 3 aromatic heterocycles. The summed E-state index contributed by atoms with van der Waals surface area (Å²) in [6.07, 6.45) is 5.23. The van der Waals surface area contributed by atoms with Crippen LogP contribution in [0.3, 0.4) is 0 Å². The molecule has 0 saturated heterocycles. The van der Waals surface area contributed by atoms with Gasteiger partial charge in [-0.2, -0.15) is 0 Å². The maximum absolute atomic E-state index is 13.4. The smallest absolute Gasteiger partial charge is 0.138 e. The lowest BCUT2D eigenvalue weighted by molar-refractivity contribution is 0.402. The fourth-order valence-electron chi connectivity index (χ4n) is 3.03. The minimum Gasteiger partial charge on any atom is -0.305 e. The summed E-state index contributed by atoms with van der Waals surface area (Å²) in [6, 6.07) is 12.4. The normalized spacial score (nSPS) is 11.4. The number of pyridine rings is 1. The summed E-state index contributed by atoms with van der Waals surface area (Å²) in [5.74, 6) is -0.269. The van der Waals surface area contributed by atoms with Crippen molar-refractivity contribution >= 4 is 5.65 Å². The van der Waals surface area contributed by atoms with Gasteiger partial charge in [-0.15, -0.1) is 0 Å². The van der Waals surface area contributed by atoms with E-state index in [4.69, 9.17) is 4.98 Å². The molecule has 0 fully saturated rings. The topological polar surface area (TPSA) is 46.3 Å². The monoisotopic (exact) mass is 347 g/mol. The van der Waals surface area contributed by atoms with Crippen LogP contribution < -0.4 is 0 Å². The number of hydrogen-bond acceptors (Lipinski definition) is 4. The van der Waals surface area contributed by atoms with E-state index >= 15 is 0 Å². The molecule has 0 spiro atoms. The zero-order valence-corrected chi connectivity index (χ0v) is 14.6. The zero-order chi connectivity index (χ0) is 18.1. The van der Waals surface area contributed by atoms with Crippen LogP contribution in [0.4, 0.5) is 4.39 Å². The highest BCUT2D eigenvalue weighted by molar-refractivity contribution is 5.80. The van der Waals surface area contributed by atoms with Crippen LogP contribution in [0.15, 0.2) is 61.2 Å². The summed E-state index contributed by atoms with van der Waals surface area (Å²) in [5, 5.41) is 0. The van der Waals surface area contributed by atoms with Crippen molar-refractivity contribution in [2.45, 2.75) is 6.54 Å². The highest BCUT2D eigenvalue weighted by atomic mass is 19.1. The van der Waals surface area contributed by atoms with Gasteiger partial charge in [0.05, 0.1) is 17.1 Å². The number of aromatic nitrogens is 4. The van der Waals surface area contributed by atoms with Gasteiger partial charge in [-0.3, -0.25) is 4.40 Å². The third-order valence-electron chi connectivity index (χ3n) is 4.13. The Labute approximate surface area is 150 Å². The average Bonchev–Trinajstić information content (AvgIpc) is 3.01. The SMILES string of the molecule is CN(C)Cc1ccn2c(-c3ccncn3)c(-c3ccc(F)cc3)nc2c1. The number of nitrogens with zero attached hydrogens (tertiary/aromatic N) is 5. The number of imidazole rings is 1. The lowest BCUT2D eigenvalue weighted by Gasteiger charge is -2.10. The van der Waals surface area contributed by atoms with Gasteiger partial charge >= 0.3 is 0 Å². The van der Waals surface area contributed by atoms with E-state index in [-0.39, 0.29) is 5.82 Å². The molecule has 0 atom stereocenters. The Morgan fingerprint density at radius 1 is 1.08 bits per heavy atom. The molecule has 0 N–H and O–H groups in total. The van der Waals surface area contributed by atoms with Crippen molar-refractivity contribution < 1.29 is 4.39 Å². The molecular weight excluding hydrogens is 329 g/mol. The maximum atomic E-state index is 13.4. The van der Waals surface area contributed by atoms with E-state index < -0.39 is 0 Å². The van der Waals surface area contributed by atoms with Crippen molar-refractivity contribution in [3.63, 3.8) is 0 Å². The fraction of sp³-hybridized carbons (Fsp3) is 0.150. The maximum Gasteiger partial charge on any atom is 0.138 e. The first-order valence-corrected chi connectivity index (χ1v) is 8.30. The van der Waals surface area contributed by atoms with Gasteiger partial charge in [-0.05, 0) is 62.1 Å². The summed E-state index contributed by atoms with van der Waals surface area (Å²) in [6.45, 7) is 0.831. The van der Waals surface area contributed by atoms with Gasteiger partial charge in [0, 0.05) is 24.5 Å². The second kappa shape index (κ2) is 6.65. The molecule has 0 aliphatic rings. The molecule has 1 aromatic carbocycles. The highest BCUT2D eigenvalue weighted by Crippen LogP contribution is 2.32. The number of halogens is 1. The Hall–Kier alpha value is -3.12. The molecule has 0 unspecified atom stereocenters. The van der Waals surface area contributed by atoms with E-state index in [1.54, 1.807) is 18.3 Å². The van der Waals surface area contributed by atoms with Crippen molar-refractivity contribution in [2.24, 2.45) is 0 Å². The summed E-state index contributed by atoms with van der Waals surface area (Å²) >= 11 is 0. The minimum atomic E-state index is -0.269. The van der Waals surface area contributed by atoms with Crippen LogP contribution in [0.2, 0.25) is 0 Å². The molecule has 3 heterocycles. The Balaban J connectivity index is 1.95. The number of benzene rings is 1. The fourth-order valence-corrected chi connectivity index (χ4v) is 3.03. The Kier molecular flexibility index (Phi) is 4.18. The van der Waals surface area contributed by atoms with Gasteiger partial charge in [0.2, 0.25) is 0 Å². The Bertz CT molecular complexity index is 1040. The average molecular weight is 347 g/mol. The van der Waals surface area contributed by atoms with Crippen molar-refractivity contribution in [2.75, 3.05) is 14.1 Å². The van der Waals surface area contributed by atoms with Crippen molar-refractivity contribution in [1.29, 1.82) is 0 Å². The van der Waals surface area contributed by atoms with Gasteiger partial charge < -0.3 is 4.90 Å². The largest absolute Gasteiger partial charge is 0.305 e. The molecule has 4 rings (SSSR count). The van der Waals surface area contributed by atoms with Gasteiger partial charge in [0.25, 0.3) is 0 Å². The van der Waals surface area contributed by atoms with E-state index in [2.05, 4.69) is 27.0 Å². The van der Waals surface area contributed by atoms with Crippen molar-refractivity contribution in [1.82, 2.24) is 24.3 Å². The molecule has 4 aromatic rings. The second-order valence-electron chi connectivity index (χ2n) is 6.41. The first-order chi connectivity index (χ1) is 12.6. The van der Waals surface area contributed by atoms with Crippen LogP contribution in [0.5, 0.6) is 0 Å². The first kappa shape index (κ1) is 16.4. The van der Waals surface area contributed by atoms with Crippen LogP contribution in [-0.4, -0.2) is 38.3 Å². The Morgan fingerprint density at radius 3 is 2.58 bits per heavy atom. The lowest BCUT2D eigenvalue weighted by atomic mass is 10.1. The molecule has 26 heavy (non-hydrogen) atoms. The number of fused-ring (bicyclic) bond motifs is 1. The quantitative estimate of drug-likeness (QED) is 0.565. The second-order valence-corrected chi connectivity index (χ2v) is 6.41. The lowest BCUT2D eigenvalue weighted by Crippen LogP contribution is -2.10. The standard InChI is InChI=1S/C20H18FN5/c1-25(2)12-14-8-10-26-18(11-14)24-19(15-3-5-16(21)6-4-15)20(26)17-7-9-22-13-23-17/h3-11,13H,12H2,1-2H3. The molecule has 6 heteroatoms. The molecule has 0 bridgehead atoms. The molecule has 0 amide bonds. The third kappa shape index (κ3) is 3.07. The van der Waals surface area contributed by atoms with Crippen molar-refractivity contribution in [3.05, 3.63) is 72.6 Å². The van der Waals surface area contributed by atoms with Crippen molar-refractivity contribution in [3.8, 4) is 22.6 Å². The summed E-state index contributed by atoms with van der Waals surface area (Å²) < 4.78 is 15.4. The number of hydrogen-bond donors (Lipinski definition) is 0. The summed E-state index contributed by atoms with van der Waals surface area (Å²) in [4.78, 5) is 15.3. The molecule has 0 saturated carbocycles. The molecule has 0 aliphatic carbocycles. The molecule has 130 valence electrons. The Morgan fingerprint density at radius 2 is 1.88 bits per heavy atom. The van der Waals surface area contributed by atoms with Gasteiger partial charge in [-0.1, -0.05) is 0 Å². The van der Waals surface area contributed by atoms with Gasteiger partial charge in [0.1, 0.15) is 17.8 Å². The van der Waals surface area contributed by atoms with E-state index in [0.717, 1.165) is 34.8 Å². The molecular formula is C20H18FN5. The van der Waals surface area contributed by atoms with Crippen LogP contribution in [-0.2, 0) is 6.54 Å².